The summed E-state index contributed by atoms with van der Waals surface area (Å²) in [4.78, 5) is 0.546. The van der Waals surface area contributed by atoms with Crippen LogP contribution in [0.3, 0.4) is 0 Å². The second-order valence-electron chi connectivity index (χ2n) is 4.83. The molecule has 0 fully saturated rings. The molecular weight excluding hydrogens is 351 g/mol. The van der Waals surface area contributed by atoms with Gasteiger partial charge in [-0.05, 0) is 48.7 Å². The van der Waals surface area contributed by atoms with Crippen molar-refractivity contribution in [1.82, 2.24) is 4.57 Å². The van der Waals surface area contributed by atoms with E-state index in [0.717, 1.165) is 6.07 Å². The zero-order chi connectivity index (χ0) is 18.4. The predicted octanol–water partition coefficient (Wildman–Crippen LogP) is 3.49. The number of alkyl halides is 3. The Morgan fingerprint density at radius 2 is 2.00 bits per heavy atom. The standard InChI is InChI=1S/C16H16F3N5S/c1-25-12-6-7-14(13(10-12)16(17,18)19)24-9-3-5-11(24)4-2-8-22-23-15(20)21/h2-10H,1H3,(H4,20,21,23)/b4-2+,22-8+. The van der Waals surface area contributed by atoms with E-state index in [-0.39, 0.29) is 11.6 Å². The summed E-state index contributed by atoms with van der Waals surface area (Å²) in [5.74, 6) is -0.184. The van der Waals surface area contributed by atoms with Gasteiger partial charge in [0.05, 0.1) is 11.3 Å². The number of aromatic nitrogens is 1. The lowest BCUT2D eigenvalue weighted by atomic mass is 10.1. The maximum Gasteiger partial charge on any atom is 0.418 e. The topological polar surface area (TPSA) is 81.7 Å². The number of rotatable bonds is 5. The van der Waals surface area contributed by atoms with E-state index >= 15 is 0 Å². The molecular formula is C16H16F3N5S. The molecule has 1 aromatic carbocycles. The van der Waals surface area contributed by atoms with Gasteiger partial charge in [0.1, 0.15) is 0 Å². The highest BCUT2D eigenvalue weighted by molar-refractivity contribution is 7.98. The summed E-state index contributed by atoms with van der Waals surface area (Å²) >= 11 is 1.26. The second-order valence-corrected chi connectivity index (χ2v) is 5.71. The van der Waals surface area contributed by atoms with Gasteiger partial charge in [-0.1, -0.05) is 0 Å². The van der Waals surface area contributed by atoms with E-state index in [1.807, 2.05) is 0 Å². The number of hydrogen-bond acceptors (Lipinski definition) is 3. The summed E-state index contributed by atoms with van der Waals surface area (Å²) < 4.78 is 41.7. The maximum atomic E-state index is 13.4. The summed E-state index contributed by atoms with van der Waals surface area (Å²) in [6.07, 6.45) is 3.31. The highest BCUT2D eigenvalue weighted by Crippen LogP contribution is 2.36. The number of halogens is 3. The van der Waals surface area contributed by atoms with Crippen molar-refractivity contribution in [3.05, 3.63) is 53.9 Å². The first-order chi connectivity index (χ1) is 11.8. The highest BCUT2D eigenvalue weighted by atomic mass is 32.2. The monoisotopic (exact) mass is 367 g/mol. The summed E-state index contributed by atoms with van der Waals surface area (Å²) in [6.45, 7) is 0. The van der Waals surface area contributed by atoms with Crippen molar-refractivity contribution in [3.63, 3.8) is 0 Å². The molecule has 0 aliphatic heterocycles. The molecule has 0 saturated heterocycles. The molecule has 0 unspecified atom stereocenters. The molecule has 25 heavy (non-hydrogen) atoms. The molecule has 0 spiro atoms. The molecule has 4 N–H and O–H groups in total. The van der Waals surface area contributed by atoms with Gasteiger partial charge in [-0.2, -0.15) is 18.3 Å². The van der Waals surface area contributed by atoms with Crippen LogP contribution in [-0.4, -0.2) is 23.0 Å². The van der Waals surface area contributed by atoms with Gasteiger partial charge in [0.2, 0.25) is 5.96 Å². The lowest BCUT2D eigenvalue weighted by Crippen LogP contribution is -2.21. The maximum absolute atomic E-state index is 13.4. The fraction of sp³-hybridized carbons (Fsp3) is 0.125. The van der Waals surface area contributed by atoms with E-state index in [4.69, 9.17) is 11.5 Å². The summed E-state index contributed by atoms with van der Waals surface area (Å²) in [6, 6.07) is 7.61. The minimum absolute atomic E-state index is 0.0520. The van der Waals surface area contributed by atoms with Crippen LogP contribution in [0.4, 0.5) is 13.2 Å². The van der Waals surface area contributed by atoms with Crippen molar-refractivity contribution in [2.24, 2.45) is 21.7 Å². The quantitative estimate of drug-likeness (QED) is 0.367. The van der Waals surface area contributed by atoms with Crippen LogP contribution in [0, 0.1) is 0 Å². The molecule has 9 heteroatoms. The largest absolute Gasteiger partial charge is 0.418 e. The zero-order valence-corrected chi connectivity index (χ0v) is 14.1. The van der Waals surface area contributed by atoms with Gasteiger partial charge in [-0.3, -0.25) is 0 Å². The van der Waals surface area contributed by atoms with Crippen LogP contribution in [0.15, 0.2) is 57.7 Å². The average molecular weight is 367 g/mol. The molecule has 0 aliphatic rings. The van der Waals surface area contributed by atoms with Gasteiger partial charge in [0.15, 0.2) is 0 Å². The lowest BCUT2D eigenvalue weighted by Gasteiger charge is -2.16. The highest BCUT2D eigenvalue weighted by Gasteiger charge is 2.34. The molecule has 5 nitrogen and oxygen atoms in total. The van der Waals surface area contributed by atoms with E-state index in [1.54, 1.807) is 36.7 Å². The minimum Gasteiger partial charge on any atom is -0.369 e. The van der Waals surface area contributed by atoms with Crippen molar-refractivity contribution in [3.8, 4) is 5.69 Å². The molecule has 0 saturated carbocycles. The van der Waals surface area contributed by atoms with E-state index in [1.165, 1.54) is 34.7 Å². The van der Waals surface area contributed by atoms with Gasteiger partial charge in [-0.15, -0.1) is 16.9 Å². The zero-order valence-electron chi connectivity index (χ0n) is 13.2. The molecule has 1 heterocycles. The Balaban J connectivity index is 2.41. The fourth-order valence-electron chi connectivity index (χ4n) is 2.11. The third-order valence-corrected chi connectivity index (χ3v) is 3.87. The fourth-order valence-corrected chi connectivity index (χ4v) is 2.55. The van der Waals surface area contributed by atoms with E-state index in [9.17, 15) is 13.2 Å². The molecule has 0 radical (unpaired) electrons. The van der Waals surface area contributed by atoms with Crippen molar-refractivity contribution >= 4 is 30.0 Å². The van der Waals surface area contributed by atoms with Crippen LogP contribution < -0.4 is 11.5 Å². The number of nitrogens with zero attached hydrogens (tertiary/aromatic N) is 3. The van der Waals surface area contributed by atoms with Gasteiger partial charge >= 0.3 is 6.18 Å². The average Bonchev–Trinajstić information content (AvgIpc) is 3.01. The normalized spacial score (nSPS) is 12.2. The number of allylic oxidation sites excluding steroid dienone is 1. The second kappa shape index (κ2) is 7.93. The number of guanidine groups is 1. The number of benzene rings is 1. The van der Waals surface area contributed by atoms with Crippen LogP contribution in [0.25, 0.3) is 11.8 Å². The Labute approximate surface area is 146 Å². The van der Waals surface area contributed by atoms with Crippen LogP contribution in [-0.2, 0) is 6.18 Å². The van der Waals surface area contributed by atoms with Crippen LogP contribution >= 0.6 is 11.8 Å². The smallest absolute Gasteiger partial charge is 0.369 e. The van der Waals surface area contributed by atoms with Gasteiger partial charge < -0.3 is 16.0 Å². The predicted molar refractivity (Wildman–Crippen MR) is 95.9 cm³/mol. The Morgan fingerprint density at radius 3 is 2.64 bits per heavy atom. The minimum atomic E-state index is -4.46. The van der Waals surface area contributed by atoms with Gasteiger partial charge in [0.25, 0.3) is 0 Å². The van der Waals surface area contributed by atoms with E-state index < -0.39 is 11.7 Å². The molecule has 2 aromatic rings. The Kier molecular flexibility index (Phi) is 5.92. The third kappa shape index (κ3) is 4.90. The molecule has 0 atom stereocenters. The molecule has 0 aliphatic carbocycles. The van der Waals surface area contributed by atoms with Crippen molar-refractivity contribution < 1.29 is 13.2 Å². The van der Waals surface area contributed by atoms with E-state index in [2.05, 4.69) is 10.2 Å². The van der Waals surface area contributed by atoms with Crippen molar-refractivity contribution in [2.75, 3.05) is 6.26 Å². The van der Waals surface area contributed by atoms with Crippen molar-refractivity contribution in [1.29, 1.82) is 0 Å². The summed E-state index contributed by atoms with van der Waals surface area (Å²) in [5, 5.41) is 7.01. The first-order valence-electron chi connectivity index (χ1n) is 7.04. The first kappa shape index (κ1) is 18.7. The van der Waals surface area contributed by atoms with Crippen LogP contribution in [0.1, 0.15) is 11.3 Å². The number of hydrogen-bond donors (Lipinski definition) is 2. The Morgan fingerprint density at radius 1 is 1.24 bits per heavy atom. The lowest BCUT2D eigenvalue weighted by molar-refractivity contribution is -0.137. The van der Waals surface area contributed by atoms with Gasteiger partial charge in [-0.25, -0.2) is 0 Å². The Hall–Kier alpha value is -2.68. The Bertz CT molecular complexity index is 817. The molecule has 2 rings (SSSR count). The molecule has 1 aromatic heterocycles. The molecule has 0 amide bonds. The van der Waals surface area contributed by atoms with Crippen LogP contribution in [0.2, 0.25) is 0 Å². The summed E-state index contributed by atoms with van der Waals surface area (Å²) in [7, 11) is 0. The molecule has 132 valence electrons. The van der Waals surface area contributed by atoms with Crippen molar-refractivity contribution in [2.45, 2.75) is 11.1 Å². The summed E-state index contributed by atoms with van der Waals surface area (Å²) in [5.41, 5.74) is 10.2. The number of nitrogens with two attached hydrogens (primary N) is 2. The third-order valence-electron chi connectivity index (χ3n) is 3.14. The van der Waals surface area contributed by atoms with Gasteiger partial charge in [0, 0.05) is 23.0 Å². The van der Waals surface area contributed by atoms with E-state index in [0.29, 0.717) is 10.6 Å². The molecule has 0 bridgehead atoms. The van der Waals surface area contributed by atoms with Crippen LogP contribution in [0.5, 0.6) is 0 Å². The SMILES string of the molecule is CSc1ccc(-n2cccc2/C=C/C=N/N=C(N)N)c(C(F)(F)F)c1. The first-order valence-corrected chi connectivity index (χ1v) is 8.27. The number of thioether (sulfide) groups is 1.